The van der Waals surface area contributed by atoms with E-state index in [9.17, 15) is 4.79 Å². The second-order valence-corrected chi connectivity index (χ2v) is 10.4. The van der Waals surface area contributed by atoms with E-state index < -0.39 is 0 Å². The van der Waals surface area contributed by atoms with Crippen molar-refractivity contribution in [2.45, 2.75) is 38.1 Å². The Kier molecular flexibility index (Phi) is 7.81. The van der Waals surface area contributed by atoms with Crippen LogP contribution in [-0.2, 0) is 11.8 Å². The zero-order valence-corrected chi connectivity index (χ0v) is 22.7. The van der Waals surface area contributed by atoms with Crippen molar-refractivity contribution in [2.24, 2.45) is 13.0 Å². The highest BCUT2D eigenvalue weighted by atomic mass is 35.5. The van der Waals surface area contributed by atoms with Crippen LogP contribution < -0.4 is 10.6 Å². The van der Waals surface area contributed by atoms with Gasteiger partial charge in [-0.25, -0.2) is 9.48 Å². The van der Waals surface area contributed by atoms with E-state index in [1.54, 1.807) is 22.7 Å². The molecule has 1 fully saturated rings. The Morgan fingerprint density at radius 2 is 1.97 bits per heavy atom. The van der Waals surface area contributed by atoms with Crippen molar-refractivity contribution >= 4 is 23.4 Å². The predicted octanol–water partition coefficient (Wildman–Crippen LogP) is 5.96. The number of benzene rings is 2. The Labute approximate surface area is 228 Å². The molecule has 5 rings (SSSR count). The molecule has 0 aliphatic heterocycles. The monoisotopic (exact) mass is 532 g/mol. The number of urea groups is 1. The summed E-state index contributed by atoms with van der Waals surface area (Å²) in [5.41, 5.74) is 4.54. The molecule has 38 heavy (non-hydrogen) atoms. The average molecular weight is 533 g/mol. The molecule has 8 nitrogen and oxygen atoms in total. The fourth-order valence-electron chi connectivity index (χ4n) is 5.46. The molecule has 9 heteroatoms. The van der Waals surface area contributed by atoms with Crippen molar-refractivity contribution in [3.63, 3.8) is 0 Å². The minimum absolute atomic E-state index is 0.0264. The van der Waals surface area contributed by atoms with Crippen molar-refractivity contribution < 1.29 is 9.53 Å². The van der Waals surface area contributed by atoms with Gasteiger partial charge in [0.15, 0.2) is 0 Å². The Balaban J connectivity index is 1.41. The molecular formula is C29H33ClN6O2. The third-order valence-corrected chi connectivity index (χ3v) is 7.55. The number of carbonyl (C=O) groups excluding carboxylic acids is 1. The summed E-state index contributed by atoms with van der Waals surface area (Å²) in [5.74, 6) is 1.26. The van der Waals surface area contributed by atoms with Crippen LogP contribution in [0.3, 0.4) is 0 Å². The van der Waals surface area contributed by atoms with E-state index in [1.807, 2.05) is 68.7 Å². The highest BCUT2D eigenvalue weighted by Gasteiger charge is 2.36. The van der Waals surface area contributed by atoms with Crippen molar-refractivity contribution in [3.8, 4) is 16.9 Å². The molecule has 0 radical (unpaired) electrons. The lowest BCUT2D eigenvalue weighted by molar-refractivity contribution is 0.177. The molecule has 4 aromatic rings. The van der Waals surface area contributed by atoms with E-state index in [2.05, 4.69) is 21.8 Å². The minimum Gasteiger partial charge on any atom is -0.385 e. The van der Waals surface area contributed by atoms with Crippen molar-refractivity contribution in [1.82, 2.24) is 24.9 Å². The fourth-order valence-corrected chi connectivity index (χ4v) is 5.66. The summed E-state index contributed by atoms with van der Waals surface area (Å²) in [6.45, 7) is 2.67. The first-order valence-electron chi connectivity index (χ1n) is 12.9. The summed E-state index contributed by atoms with van der Waals surface area (Å²) >= 11 is 6.32. The summed E-state index contributed by atoms with van der Waals surface area (Å²) in [6, 6.07) is 17.5. The van der Waals surface area contributed by atoms with E-state index in [0.29, 0.717) is 23.4 Å². The summed E-state index contributed by atoms with van der Waals surface area (Å²) in [5, 5.41) is 16.2. The van der Waals surface area contributed by atoms with E-state index >= 15 is 0 Å². The maximum absolute atomic E-state index is 13.5. The van der Waals surface area contributed by atoms with Gasteiger partial charge in [-0.05, 0) is 61.9 Å². The number of methoxy groups -OCH3 is 1. The van der Waals surface area contributed by atoms with Gasteiger partial charge in [0, 0.05) is 55.1 Å². The van der Waals surface area contributed by atoms with Crippen LogP contribution in [0, 0.1) is 12.8 Å². The first-order chi connectivity index (χ1) is 18.4. The number of hydrogen-bond donors (Lipinski definition) is 2. The topological polar surface area (TPSA) is 86.0 Å². The van der Waals surface area contributed by atoms with Crippen molar-refractivity contribution in [1.29, 1.82) is 0 Å². The first-order valence-corrected chi connectivity index (χ1v) is 13.3. The van der Waals surface area contributed by atoms with E-state index in [4.69, 9.17) is 21.4 Å². The highest BCUT2D eigenvalue weighted by molar-refractivity contribution is 6.30. The van der Waals surface area contributed by atoms with E-state index in [1.165, 1.54) is 0 Å². The number of nitrogens with zero attached hydrogens (tertiary/aromatic N) is 4. The predicted molar refractivity (Wildman–Crippen MR) is 150 cm³/mol. The molecule has 0 saturated heterocycles. The van der Waals surface area contributed by atoms with Gasteiger partial charge >= 0.3 is 6.03 Å². The molecule has 1 aliphatic rings. The SMILES string of the molecule is COCC[C@@H]1C[C@@H](NC(=O)Nc2c(C)c(-c3cnn(C)c3)nn2-c2ccccc2)[C@H](c2cccc(Cl)c2)C1. The molecule has 2 N–H and O–H groups in total. The summed E-state index contributed by atoms with van der Waals surface area (Å²) in [6.07, 6.45) is 6.51. The number of rotatable bonds is 8. The highest BCUT2D eigenvalue weighted by Crippen LogP contribution is 2.41. The van der Waals surface area contributed by atoms with Gasteiger partial charge < -0.3 is 10.1 Å². The largest absolute Gasteiger partial charge is 0.385 e. The lowest BCUT2D eigenvalue weighted by Crippen LogP contribution is -2.40. The maximum atomic E-state index is 13.5. The van der Waals surface area contributed by atoms with Gasteiger partial charge in [0.2, 0.25) is 0 Å². The van der Waals surface area contributed by atoms with Crippen molar-refractivity contribution in [3.05, 3.63) is 83.1 Å². The second kappa shape index (κ2) is 11.4. The number of aromatic nitrogens is 4. The van der Waals surface area contributed by atoms with Crippen molar-refractivity contribution in [2.75, 3.05) is 19.0 Å². The average Bonchev–Trinajstić information content (AvgIpc) is 3.61. The Bertz CT molecular complexity index is 1400. The van der Waals surface area contributed by atoms with E-state index in [0.717, 1.165) is 47.3 Å². The van der Waals surface area contributed by atoms with Gasteiger partial charge in [-0.15, -0.1) is 0 Å². The van der Waals surface area contributed by atoms with Crippen LogP contribution in [0.25, 0.3) is 16.9 Å². The van der Waals surface area contributed by atoms with Gasteiger partial charge in [0.25, 0.3) is 0 Å². The molecule has 198 valence electrons. The zero-order valence-electron chi connectivity index (χ0n) is 21.9. The number of amides is 2. The molecule has 2 aromatic heterocycles. The number of nitrogens with one attached hydrogen (secondary N) is 2. The van der Waals surface area contributed by atoms with Crippen LogP contribution >= 0.6 is 11.6 Å². The zero-order chi connectivity index (χ0) is 26.6. The van der Waals surface area contributed by atoms with Gasteiger partial charge in [0.1, 0.15) is 11.5 Å². The molecular weight excluding hydrogens is 500 g/mol. The third-order valence-electron chi connectivity index (χ3n) is 7.32. The smallest absolute Gasteiger partial charge is 0.320 e. The molecule has 3 atom stereocenters. The number of carbonyl (C=O) groups is 1. The molecule has 2 amide bonds. The second-order valence-electron chi connectivity index (χ2n) is 9.96. The summed E-state index contributed by atoms with van der Waals surface area (Å²) < 4.78 is 8.85. The Morgan fingerprint density at radius 3 is 2.68 bits per heavy atom. The lowest BCUT2D eigenvalue weighted by atomic mass is 9.93. The van der Waals surface area contributed by atoms with Gasteiger partial charge in [-0.2, -0.15) is 10.2 Å². The van der Waals surface area contributed by atoms with Gasteiger partial charge in [0.05, 0.1) is 11.9 Å². The quantitative estimate of drug-likeness (QED) is 0.293. The minimum atomic E-state index is -0.257. The fraction of sp³-hybridized carbons (Fsp3) is 0.345. The molecule has 0 bridgehead atoms. The number of para-hydroxylation sites is 1. The molecule has 2 aromatic carbocycles. The molecule has 1 aliphatic carbocycles. The Morgan fingerprint density at radius 1 is 1.16 bits per heavy atom. The number of aryl methyl sites for hydroxylation is 1. The van der Waals surface area contributed by atoms with Crippen LogP contribution in [0.5, 0.6) is 0 Å². The third kappa shape index (κ3) is 5.61. The number of hydrogen-bond acceptors (Lipinski definition) is 4. The number of ether oxygens (including phenoxy) is 1. The van der Waals surface area contributed by atoms with E-state index in [-0.39, 0.29) is 18.0 Å². The van der Waals surface area contributed by atoms with Crippen LogP contribution in [0.2, 0.25) is 5.02 Å². The normalized spacial score (nSPS) is 19.0. The van der Waals surface area contributed by atoms with Crippen LogP contribution in [0.4, 0.5) is 10.6 Å². The van der Waals surface area contributed by atoms with Crippen LogP contribution in [-0.4, -0.2) is 45.4 Å². The molecule has 1 saturated carbocycles. The van der Waals surface area contributed by atoms with Crippen LogP contribution in [0.1, 0.15) is 36.3 Å². The number of halogens is 1. The van der Waals surface area contributed by atoms with Gasteiger partial charge in [-0.3, -0.25) is 10.00 Å². The molecule has 0 unspecified atom stereocenters. The Hall–Kier alpha value is -3.62. The summed E-state index contributed by atoms with van der Waals surface area (Å²) in [7, 11) is 3.60. The molecule has 0 spiro atoms. The summed E-state index contributed by atoms with van der Waals surface area (Å²) in [4.78, 5) is 13.5. The standard InChI is InChI=1S/C29H33ClN6O2/c1-19-27(22-17-31-35(2)18-22)34-36(24-10-5-4-6-11-24)28(19)33-29(37)32-26-15-20(12-13-38-3)14-25(26)21-8-7-9-23(30)16-21/h4-11,16-18,20,25-26H,12-15H2,1-3H3,(H2,32,33,37)/t20-,25-,26+/m0/s1. The maximum Gasteiger partial charge on any atom is 0.320 e. The van der Waals surface area contributed by atoms with Gasteiger partial charge in [-0.1, -0.05) is 41.9 Å². The first kappa shape index (κ1) is 26.0. The molecule has 2 heterocycles. The lowest BCUT2D eigenvalue weighted by Gasteiger charge is -2.22. The number of anilines is 1. The van der Waals surface area contributed by atoms with Crippen LogP contribution in [0.15, 0.2) is 67.0 Å².